The Hall–Kier alpha value is -3.82. The Bertz CT molecular complexity index is 1120. The van der Waals surface area contributed by atoms with Gasteiger partial charge < -0.3 is 24.8 Å². The average Bonchev–Trinajstić information content (AvgIpc) is 3.15. The normalized spacial score (nSPS) is 14.4. The second kappa shape index (κ2) is 10.6. The van der Waals surface area contributed by atoms with E-state index in [9.17, 15) is 9.59 Å². The first-order chi connectivity index (χ1) is 16.5. The van der Waals surface area contributed by atoms with E-state index in [2.05, 4.69) is 33.9 Å². The molecule has 10 nitrogen and oxygen atoms in total. The van der Waals surface area contributed by atoms with Crippen molar-refractivity contribution in [2.75, 3.05) is 18.5 Å². The van der Waals surface area contributed by atoms with Crippen molar-refractivity contribution < 1.29 is 23.8 Å². The third-order valence-electron chi connectivity index (χ3n) is 5.20. The van der Waals surface area contributed by atoms with Crippen molar-refractivity contribution in [2.45, 2.75) is 45.8 Å². The molecule has 188 valence electrons. The van der Waals surface area contributed by atoms with Crippen molar-refractivity contribution in [3.63, 3.8) is 0 Å². The number of amides is 2. The summed E-state index contributed by atoms with van der Waals surface area (Å²) >= 11 is 0. The van der Waals surface area contributed by atoms with Crippen molar-refractivity contribution in [3.8, 4) is 22.9 Å². The van der Waals surface area contributed by atoms with Gasteiger partial charge in [0.15, 0.2) is 5.75 Å². The van der Waals surface area contributed by atoms with Crippen LogP contribution >= 0.6 is 0 Å². The van der Waals surface area contributed by atoms with E-state index in [0.717, 1.165) is 0 Å². The molecule has 0 aliphatic carbocycles. The molecule has 2 atom stereocenters. The monoisotopic (exact) mass is 483 g/mol. The highest BCUT2D eigenvalue weighted by atomic mass is 16.6. The Morgan fingerprint density at radius 3 is 2.66 bits per heavy atom. The maximum atomic E-state index is 12.6. The second-order valence-electron chi connectivity index (χ2n) is 9.19. The Morgan fingerprint density at radius 2 is 2.00 bits per heavy atom. The summed E-state index contributed by atoms with van der Waals surface area (Å²) in [4.78, 5) is 29.7. The van der Waals surface area contributed by atoms with Crippen molar-refractivity contribution in [1.82, 2.24) is 20.1 Å². The quantitative estimate of drug-likeness (QED) is 0.542. The number of ether oxygens (including phenoxy) is 3. The number of anilines is 1. The van der Waals surface area contributed by atoms with Crippen LogP contribution in [0.5, 0.6) is 11.6 Å². The summed E-state index contributed by atoms with van der Waals surface area (Å²) in [5.41, 5.74) is 1.59. The Balaban J connectivity index is 2.08. The summed E-state index contributed by atoms with van der Waals surface area (Å²) in [6, 6.07) is 1.26. The van der Waals surface area contributed by atoms with Gasteiger partial charge in [0.2, 0.25) is 5.91 Å². The van der Waals surface area contributed by atoms with Gasteiger partial charge in [-0.3, -0.25) is 9.48 Å². The fourth-order valence-electron chi connectivity index (χ4n) is 3.47. The van der Waals surface area contributed by atoms with Gasteiger partial charge in [0.25, 0.3) is 5.88 Å². The molecule has 0 saturated heterocycles. The van der Waals surface area contributed by atoms with Crippen LogP contribution in [0.15, 0.2) is 37.6 Å². The minimum atomic E-state index is -0.654. The van der Waals surface area contributed by atoms with Gasteiger partial charge in [0.05, 0.1) is 40.8 Å². The Morgan fingerprint density at radius 1 is 1.29 bits per heavy atom. The van der Waals surface area contributed by atoms with Crippen LogP contribution < -0.4 is 20.1 Å². The Labute approximate surface area is 205 Å². The number of carbonyl (C=O) groups is 2. The predicted molar refractivity (Wildman–Crippen MR) is 132 cm³/mol. The summed E-state index contributed by atoms with van der Waals surface area (Å²) in [7, 11) is 1.76. The molecule has 2 amide bonds. The molecule has 0 bridgehead atoms. The van der Waals surface area contributed by atoms with E-state index in [-0.39, 0.29) is 11.8 Å². The number of alkyl carbamates (subject to hydrolysis) is 1. The molecule has 1 aliphatic heterocycles. The van der Waals surface area contributed by atoms with Gasteiger partial charge in [-0.2, -0.15) is 5.10 Å². The number of nitrogens with one attached hydrogen (secondary N) is 2. The van der Waals surface area contributed by atoms with E-state index in [1.807, 2.05) is 0 Å². The third kappa shape index (κ3) is 6.20. The maximum absolute atomic E-state index is 12.6. The molecule has 0 unspecified atom stereocenters. The third-order valence-corrected chi connectivity index (χ3v) is 5.20. The molecule has 0 aromatic carbocycles. The van der Waals surface area contributed by atoms with Crippen LogP contribution in [0, 0.1) is 5.92 Å². The molecule has 0 saturated carbocycles. The molecule has 0 spiro atoms. The molecule has 0 radical (unpaired) electrons. The number of hydrogen-bond acceptors (Lipinski definition) is 7. The molecule has 10 heteroatoms. The van der Waals surface area contributed by atoms with Crippen LogP contribution in [0.25, 0.3) is 11.3 Å². The first-order valence-corrected chi connectivity index (χ1v) is 11.4. The van der Waals surface area contributed by atoms with Gasteiger partial charge in [-0.05, 0) is 33.3 Å². The average molecular weight is 484 g/mol. The van der Waals surface area contributed by atoms with E-state index < -0.39 is 17.7 Å². The van der Waals surface area contributed by atoms with Crippen molar-refractivity contribution in [2.24, 2.45) is 13.0 Å². The molecule has 3 heterocycles. The van der Waals surface area contributed by atoms with E-state index in [1.54, 1.807) is 63.8 Å². The summed E-state index contributed by atoms with van der Waals surface area (Å²) in [5, 5.41) is 10.1. The number of aromatic nitrogens is 3. The van der Waals surface area contributed by atoms with Gasteiger partial charge in [-0.15, -0.1) is 13.2 Å². The molecule has 2 N–H and O–H groups in total. The first-order valence-electron chi connectivity index (χ1n) is 11.4. The number of fused-ring (bicyclic) bond motifs is 1. The maximum Gasteiger partial charge on any atom is 0.408 e. The number of rotatable bonds is 8. The summed E-state index contributed by atoms with van der Waals surface area (Å²) in [6.45, 7) is 15.3. The van der Waals surface area contributed by atoms with Crippen LogP contribution in [0.3, 0.4) is 0 Å². The highest BCUT2D eigenvalue weighted by Gasteiger charge is 2.28. The van der Waals surface area contributed by atoms with Crippen LogP contribution in [0.1, 0.15) is 45.9 Å². The Kier molecular flexibility index (Phi) is 7.83. The summed E-state index contributed by atoms with van der Waals surface area (Å²) < 4.78 is 18.8. The highest BCUT2D eigenvalue weighted by molar-refractivity contribution is 5.97. The van der Waals surface area contributed by atoms with Gasteiger partial charge in [-0.1, -0.05) is 19.1 Å². The molecular weight excluding hydrogens is 450 g/mol. The van der Waals surface area contributed by atoms with E-state index in [4.69, 9.17) is 14.2 Å². The van der Waals surface area contributed by atoms with E-state index >= 15 is 0 Å². The zero-order valence-corrected chi connectivity index (χ0v) is 20.9. The first kappa shape index (κ1) is 25.8. The van der Waals surface area contributed by atoms with Crippen molar-refractivity contribution in [3.05, 3.63) is 43.3 Å². The van der Waals surface area contributed by atoms with Crippen molar-refractivity contribution >= 4 is 17.7 Å². The smallest absolute Gasteiger partial charge is 0.408 e. The lowest BCUT2D eigenvalue weighted by atomic mass is 10.0. The van der Waals surface area contributed by atoms with E-state index in [0.29, 0.717) is 53.9 Å². The van der Waals surface area contributed by atoms with Gasteiger partial charge in [-0.25, -0.2) is 9.78 Å². The predicted octanol–water partition coefficient (Wildman–Crippen LogP) is 4.16. The number of aryl methyl sites for hydroxylation is 1. The molecule has 1 aliphatic rings. The molecule has 2 aromatic heterocycles. The lowest BCUT2D eigenvalue weighted by Gasteiger charge is -2.25. The number of nitrogens with zero attached hydrogens (tertiary/aromatic N) is 3. The number of carbonyl (C=O) groups excluding carboxylic acids is 2. The van der Waals surface area contributed by atoms with Crippen LogP contribution in [0.2, 0.25) is 0 Å². The molecule has 35 heavy (non-hydrogen) atoms. The fraction of sp³-hybridized carbons (Fsp3) is 0.440. The van der Waals surface area contributed by atoms with Gasteiger partial charge in [0.1, 0.15) is 18.8 Å². The van der Waals surface area contributed by atoms with Crippen LogP contribution in [-0.2, 0) is 16.6 Å². The molecule has 3 rings (SSSR count). The van der Waals surface area contributed by atoms with Gasteiger partial charge >= 0.3 is 6.09 Å². The minimum Gasteiger partial charge on any atom is -0.484 e. The largest absolute Gasteiger partial charge is 0.484 e. The molecule has 0 fully saturated rings. The fourth-order valence-corrected chi connectivity index (χ4v) is 3.47. The molecular formula is C25H33N5O5. The highest BCUT2D eigenvalue weighted by Crippen LogP contribution is 2.43. The minimum absolute atomic E-state index is 0.217. The molecule has 2 aromatic rings. The topological polar surface area (TPSA) is 117 Å². The second-order valence-corrected chi connectivity index (χ2v) is 9.19. The lowest BCUT2D eigenvalue weighted by Crippen LogP contribution is -2.35. The summed E-state index contributed by atoms with van der Waals surface area (Å²) in [6.07, 6.45) is 4.65. The van der Waals surface area contributed by atoms with Crippen LogP contribution in [-0.4, -0.2) is 45.6 Å². The summed E-state index contributed by atoms with van der Waals surface area (Å²) in [5.74, 6) is 0.123. The van der Waals surface area contributed by atoms with Crippen LogP contribution in [0.4, 0.5) is 10.5 Å². The number of hydrogen-bond donors (Lipinski definition) is 2. The number of pyridine rings is 1. The SMILES string of the molecule is C=CC[C@H](NC(=O)OC(C)(C)C)c1cc(-c2c(NC(=O)[C@H](C)C=C)cnn2C)c2c(n1)OCCO2. The zero-order chi connectivity index (χ0) is 25.8. The lowest BCUT2D eigenvalue weighted by molar-refractivity contribution is -0.118. The van der Waals surface area contributed by atoms with Crippen molar-refractivity contribution in [1.29, 1.82) is 0 Å². The standard InChI is InChI=1S/C25H33N5O5/c1-8-10-17(29-24(32)35-25(4,5)6)18-13-16(21-23(28-18)34-12-11-33-21)20-19(14-26-30(20)7)27-22(31)15(3)9-2/h8-9,13-15,17H,1-2,10-12H2,3-7H3,(H,27,31)(H,29,32)/t15-,17+/m1/s1. The zero-order valence-electron chi connectivity index (χ0n) is 20.9. The van der Waals surface area contributed by atoms with Gasteiger partial charge in [0, 0.05) is 7.05 Å². The van der Waals surface area contributed by atoms with E-state index in [1.165, 1.54) is 0 Å².